The summed E-state index contributed by atoms with van der Waals surface area (Å²) in [5.41, 5.74) is 15.3. The molecule has 5 N–H and O–H groups in total. The van der Waals surface area contributed by atoms with Gasteiger partial charge >= 0.3 is 0 Å². The number of nitrogens with two attached hydrogens (primary N) is 2. The smallest absolute Gasteiger partial charge is 0.273 e. The minimum Gasteiger partial charge on any atom is -0.395 e. The Morgan fingerprint density at radius 1 is 1.00 bits per heavy atom. The van der Waals surface area contributed by atoms with Gasteiger partial charge in [-0.1, -0.05) is 32.0 Å². The second-order valence-corrected chi connectivity index (χ2v) is 10.8. The summed E-state index contributed by atoms with van der Waals surface area (Å²) in [6.07, 6.45) is 0.791. The average molecular weight is 537 g/mol. The first kappa shape index (κ1) is 28.6. The van der Waals surface area contributed by atoms with Crippen molar-refractivity contribution in [3.8, 4) is 0 Å². The number of amides is 3. The number of carbonyl (C=O) groups is 3. The van der Waals surface area contributed by atoms with E-state index in [2.05, 4.69) is 23.5 Å². The molecule has 0 aliphatic carbocycles. The Kier molecular flexibility index (Phi) is 9.11. The van der Waals surface area contributed by atoms with Crippen molar-refractivity contribution >= 4 is 46.3 Å². The molecule has 202 valence electrons. The maximum atomic E-state index is 14.2. The van der Waals surface area contributed by atoms with Gasteiger partial charge in [0.15, 0.2) is 5.69 Å². The highest BCUT2D eigenvalue weighted by Gasteiger charge is 2.36. The van der Waals surface area contributed by atoms with Crippen LogP contribution in [0.25, 0.3) is 0 Å². The van der Waals surface area contributed by atoms with Gasteiger partial charge < -0.3 is 21.7 Å². The SMILES string of the molecule is Cc1cc(C)cc(N(C(=O)c2snc(C(N)=O)c2N)C(C(=O)NCCC(C)C)c2ccc(N(C)C)cc2)c1. The summed E-state index contributed by atoms with van der Waals surface area (Å²) >= 11 is 0.791. The molecular weight excluding hydrogens is 500 g/mol. The monoisotopic (exact) mass is 536 g/mol. The van der Waals surface area contributed by atoms with Crippen molar-refractivity contribution in [2.75, 3.05) is 36.2 Å². The van der Waals surface area contributed by atoms with Gasteiger partial charge in [-0.25, -0.2) is 0 Å². The van der Waals surface area contributed by atoms with Gasteiger partial charge in [-0.15, -0.1) is 0 Å². The van der Waals surface area contributed by atoms with E-state index in [9.17, 15) is 14.4 Å². The third-order valence-electron chi connectivity index (χ3n) is 6.11. The fraction of sp³-hybridized carbons (Fsp3) is 0.357. The number of hydrogen-bond acceptors (Lipinski definition) is 7. The fourth-order valence-electron chi connectivity index (χ4n) is 4.17. The first-order valence-corrected chi connectivity index (χ1v) is 13.2. The number of nitrogen functional groups attached to an aromatic ring is 1. The number of aromatic nitrogens is 1. The summed E-state index contributed by atoms with van der Waals surface area (Å²) in [5.74, 6) is -1.29. The molecule has 0 radical (unpaired) electrons. The molecule has 9 nitrogen and oxygen atoms in total. The molecule has 1 unspecified atom stereocenters. The number of primary amides is 1. The van der Waals surface area contributed by atoms with Crippen LogP contribution in [0, 0.1) is 19.8 Å². The molecule has 2 aromatic carbocycles. The summed E-state index contributed by atoms with van der Waals surface area (Å²) < 4.78 is 4.01. The van der Waals surface area contributed by atoms with E-state index in [0.29, 0.717) is 23.7 Å². The third kappa shape index (κ3) is 6.49. The van der Waals surface area contributed by atoms with Crippen molar-refractivity contribution in [1.82, 2.24) is 9.69 Å². The van der Waals surface area contributed by atoms with E-state index in [1.54, 1.807) is 0 Å². The molecule has 3 rings (SSSR count). The van der Waals surface area contributed by atoms with E-state index in [1.807, 2.05) is 75.3 Å². The minimum atomic E-state index is -1.01. The van der Waals surface area contributed by atoms with Gasteiger partial charge in [0.2, 0.25) is 5.91 Å². The van der Waals surface area contributed by atoms with Crippen molar-refractivity contribution in [2.45, 2.75) is 40.2 Å². The van der Waals surface area contributed by atoms with Gasteiger partial charge in [-0.2, -0.15) is 4.37 Å². The normalized spacial score (nSPS) is 11.8. The van der Waals surface area contributed by atoms with Crippen LogP contribution < -0.4 is 26.6 Å². The Morgan fingerprint density at radius 2 is 1.61 bits per heavy atom. The number of carbonyl (C=O) groups excluding carboxylic acids is 3. The van der Waals surface area contributed by atoms with Crippen LogP contribution in [-0.4, -0.2) is 42.7 Å². The maximum Gasteiger partial charge on any atom is 0.273 e. The highest BCUT2D eigenvalue weighted by atomic mass is 32.1. The topological polar surface area (TPSA) is 135 Å². The van der Waals surface area contributed by atoms with Crippen molar-refractivity contribution in [3.05, 3.63) is 69.7 Å². The lowest BCUT2D eigenvalue weighted by Crippen LogP contribution is -2.44. The van der Waals surface area contributed by atoms with Crippen molar-refractivity contribution < 1.29 is 14.4 Å². The Morgan fingerprint density at radius 3 is 2.11 bits per heavy atom. The standard InChI is InChI=1S/C28H36N6O3S/c1-16(2)11-12-31-27(36)24(19-7-9-20(10-8-19)33(5)6)34(21-14-17(3)13-18(4)15-21)28(37)25-22(29)23(26(30)35)32-38-25/h7-10,13-16,24H,11-12,29H2,1-6H3,(H2,30,35)(H,31,36). The number of aryl methyl sites for hydroxylation is 2. The van der Waals surface area contributed by atoms with Crippen LogP contribution in [-0.2, 0) is 4.79 Å². The minimum absolute atomic E-state index is 0.0443. The van der Waals surface area contributed by atoms with E-state index in [-0.39, 0.29) is 22.2 Å². The molecule has 3 amide bonds. The third-order valence-corrected chi connectivity index (χ3v) is 6.96. The van der Waals surface area contributed by atoms with Gasteiger partial charge in [0.25, 0.3) is 11.8 Å². The molecule has 10 heteroatoms. The number of nitrogens with zero attached hydrogens (tertiary/aromatic N) is 3. The summed E-state index contributed by atoms with van der Waals surface area (Å²) in [4.78, 5) is 43.2. The Labute approximate surface area is 228 Å². The molecular formula is C28H36N6O3S. The maximum absolute atomic E-state index is 14.2. The van der Waals surface area contributed by atoms with E-state index < -0.39 is 17.9 Å². The Hall–Kier alpha value is -3.92. The number of hydrogen-bond donors (Lipinski definition) is 3. The van der Waals surface area contributed by atoms with E-state index in [1.165, 1.54) is 4.90 Å². The van der Waals surface area contributed by atoms with Crippen LogP contribution in [0.2, 0.25) is 0 Å². The number of nitrogens with one attached hydrogen (secondary N) is 1. The molecule has 0 saturated heterocycles. The molecule has 38 heavy (non-hydrogen) atoms. The molecule has 0 bridgehead atoms. The highest BCUT2D eigenvalue weighted by Crippen LogP contribution is 2.34. The lowest BCUT2D eigenvalue weighted by molar-refractivity contribution is -0.122. The summed E-state index contributed by atoms with van der Waals surface area (Å²) in [5, 5.41) is 3.01. The predicted molar refractivity (Wildman–Crippen MR) is 154 cm³/mol. The van der Waals surface area contributed by atoms with Crippen molar-refractivity contribution in [3.63, 3.8) is 0 Å². The summed E-state index contributed by atoms with van der Waals surface area (Å²) in [6, 6.07) is 12.2. The molecule has 3 aromatic rings. The molecule has 1 heterocycles. The van der Waals surface area contributed by atoms with Crippen LogP contribution in [0.3, 0.4) is 0 Å². The highest BCUT2D eigenvalue weighted by molar-refractivity contribution is 7.09. The van der Waals surface area contributed by atoms with Crippen molar-refractivity contribution in [1.29, 1.82) is 0 Å². The molecule has 0 aliphatic heterocycles. The molecule has 1 atom stereocenters. The average Bonchev–Trinajstić information content (AvgIpc) is 3.22. The van der Waals surface area contributed by atoms with E-state index in [0.717, 1.165) is 34.8 Å². The van der Waals surface area contributed by atoms with Gasteiger partial charge in [-0.3, -0.25) is 19.3 Å². The largest absolute Gasteiger partial charge is 0.395 e. The Balaban J connectivity index is 2.21. The summed E-state index contributed by atoms with van der Waals surface area (Å²) in [7, 11) is 3.86. The van der Waals surface area contributed by atoms with Crippen LogP contribution >= 0.6 is 11.5 Å². The van der Waals surface area contributed by atoms with E-state index >= 15 is 0 Å². The number of anilines is 3. The number of benzene rings is 2. The lowest BCUT2D eigenvalue weighted by atomic mass is 10.0. The quantitative estimate of drug-likeness (QED) is 0.358. The second-order valence-electron chi connectivity index (χ2n) is 10.0. The first-order valence-electron chi connectivity index (χ1n) is 12.4. The number of rotatable bonds is 10. The van der Waals surface area contributed by atoms with E-state index in [4.69, 9.17) is 11.5 Å². The zero-order valence-corrected chi connectivity index (χ0v) is 23.6. The molecule has 0 fully saturated rings. The fourth-order valence-corrected chi connectivity index (χ4v) is 4.91. The van der Waals surface area contributed by atoms with Crippen molar-refractivity contribution in [2.24, 2.45) is 11.7 Å². The molecule has 0 saturated carbocycles. The van der Waals surface area contributed by atoms with Crippen LogP contribution in [0.15, 0.2) is 42.5 Å². The van der Waals surface area contributed by atoms with Gasteiger partial charge in [0, 0.05) is 32.0 Å². The van der Waals surface area contributed by atoms with Gasteiger partial charge in [-0.05, 0) is 78.7 Å². The summed E-state index contributed by atoms with van der Waals surface area (Å²) in [6.45, 7) is 8.48. The first-order chi connectivity index (χ1) is 17.9. The molecule has 1 aromatic heterocycles. The second kappa shape index (κ2) is 12.1. The lowest BCUT2D eigenvalue weighted by Gasteiger charge is -2.32. The molecule has 0 aliphatic rings. The van der Waals surface area contributed by atoms with Crippen LogP contribution in [0.5, 0.6) is 0 Å². The van der Waals surface area contributed by atoms with Gasteiger partial charge in [0.05, 0.1) is 5.69 Å². The Bertz CT molecular complexity index is 1300. The van der Waals surface area contributed by atoms with Crippen LogP contribution in [0.4, 0.5) is 17.1 Å². The van der Waals surface area contributed by atoms with Crippen LogP contribution in [0.1, 0.15) is 63.2 Å². The zero-order chi connectivity index (χ0) is 28.1. The zero-order valence-electron chi connectivity index (χ0n) is 22.7. The van der Waals surface area contributed by atoms with Gasteiger partial charge in [0.1, 0.15) is 10.9 Å². The molecule has 0 spiro atoms. The predicted octanol–water partition coefficient (Wildman–Crippen LogP) is 4.06.